The van der Waals surface area contributed by atoms with Gasteiger partial charge in [-0.3, -0.25) is 0 Å². The summed E-state index contributed by atoms with van der Waals surface area (Å²) in [5, 5.41) is 1.08. The molecule has 0 atom stereocenters. The van der Waals surface area contributed by atoms with Crippen LogP contribution in [0.3, 0.4) is 0 Å². The van der Waals surface area contributed by atoms with Crippen molar-refractivity contribution in [1.82, 2.24) is 0 Å². The summed E-state index contributed by atoms with van der Waals surface area (Å²) in [4.78, 5) is 5.02. The molecule has 8 aromatic rings. The molecule has 0 bridgehead atoms. The first-order valence-corrected chi connectivity index (χ1v) is 28.6. The lowest BCUT2D eigenvalue weighted by atomic mass is 9.83. The summed E-state index contributed by atoms with van der Waals surface area (Å²) in [7, 11) is 0. The first kappa shape index (κ1) is 49.4. The average Bonchev–Trinajstić information content (AvgIpc) is 4.12. The van der Waals surface area contributed by atoms with Crippen LogP contribution in [-0.2, 0) is 10.8 Å². The topological polar surface area (TPSA) is 19.6 Å². The molecule has 0 radical (unpaired) electrons. The fourth-order valence-electron chi connectivity index (χ4n) is 12.5. The summed E-state index contributed by atoms with van der Waals surface area (Å²) in [6.07, 6.45) is 20.2. The minimum Gasteiger partial charge on any atom is -0.462 e. The van der Waals surface area contributed by atoms with Crippen molar-refractivity contribution in [3.63, 3.8) is 0 Å². The van der Waals surface area contributed by atoms with E-state index in [1.54, 1.807) is 0 Å². The number of rotatable bonds is 11. The second-order valence-corrected chi connectivity index (χ2v) is 24.8. The first-order valence-electron chi connectivity index (χ1n) is 27.8. The van der Waals surface area contributed by atoms with E-state index in [0.717, 1.165) is 49.6 Å². The van der Waals surface area contributed by atoms with Gasteiger partial charge in [-0.2, -0.15) is 0 Å². The normalized spacial score (nSPS) is 16.3. The minimum atomic E-state index is -0.173. The van der Waals surface area contributed by atoms with Gasteiger partial charge in [0, 0.05) is 32.5 Å². The van der Waals surface area contributed by atoms with Crippen LogP contribution in [-0.4, -0.2) is 0 Å². The second kappa shape index (κ2) is 20.8. The number of furan rings is 1. The number of nitrogens with zero attached hydrogens (tertiary/aromatic N) is 2. The molecular weight excluding hydrogens is 953 g/mol. The first-order chi connectivity index (χ1) is 35.4. The van der Waals surface area contributed by atoms with E-state index in [-0.39, 0.29) is 10.8 Å². The van der Waals surface area contributed by atoms with Crippen molar-refractivity contribution in [1.29, 1.82) is 0 Å². The minimum absolute atomic E-state index is 0.0511. The number of para-hydroxylation sites is 1. The average molecular weight is 1030 g/mol. The lowest BCUT2D eigenvalue weighted by Crippen LogP contribution is -2.18. The van der Waals surface area contributed by atoms with Gasteiger partial charge in [0.15, 0.2) is 0 Å². The third-order valence-electron chi connectivity index (χ3n) is 16.9. The summed E-state index contributed by atoms with van der Waals surface area (Å²) in [5.74, 6) is 1.83. The summed E-state index contributed by atoms with van der Waals surface area (Å²) in [6.45, 7) is 14.0. The molecule has 0 unspecified atom stereocenters. The highest BCUT2D eigenvalue weighted by Crippen LogP contribution is 2.51. The van der Waals surface area contributed by atoms with Crippen LogP contribution in [0.4, 0.5) is 34.1 Å². The van der Waals surface area contributed by atoms with E-state index in [1.165, 1.54) is 140 Å². The Morgan fingerprint density at radius 3 is 1.53 bits per heavy atom. The monoisotopic (exact) mass is 1030 g/mol. The molecule has 0 amide bonds. The highest BCUT2D eigenvalue weighted by molar-refractivity contribution is 9.10. The zero-order chi connectivity index (χ0) is 50.3. The Morgan fingerprint density at radius 2 is 0.918 bits per heavy atom. The maximum absolute atomic E-state index is 6.50. The molecule has 3 fully saturated rings. The molecule has 0 N–H and O–H groups in total. The zero-order valence-corrected chi connectivity index (χ0v) is 45.9. The molecule has 3 aliphatic rings. The van der Waals surface area contributed by atoms with Crippen LogP contribution in [0.2, 0.25) is 0 Å². The second-order valence-electron chi connectivity index (χ2n) is 23.9. The molecule has 3 saturated carbocycles. The van der Waals surface area contributed by atoms with Crippen LogP contribution >= 0.6 is 15.9 Å². The third kappa shape index (κ3) is 10.5. The van der Waals surface area contributed by atoms with E-state index >= 15 is 0 Å². The molecule has 1 aromatic heterocycles. The van der Waals surface area contributed by atoms with Crippen LogP contribution < -0.4 is 9.80 Å². The lowest BCUT2D eigenvalue weighted by molar-refractivity contribution is 0.443. The van der Waals surface area contributed by atoms with E-state index < -0.39 is 0 Å². The van der Waals surface area contributed by atoms with Gasteiger partial charge >= 0.3 is 0 Å². The van der Waals surface area contributed by atoms with Crippen molar-refractivity contribution < 1.29 is 4.42 Å². The maximum Gasteiger partial charge on any atom is 0.136 e. The Kier molecular flexibility index (Phi) is 14.1. The van der Waals surface area contributed by atoms with Crippen molar-refractivity contribution in [2.24, 2.45) is 0 Å². The maximum atomic E-state index is 6.50. The zero-order valence-electron chi connectivity index (χ0n) is 44.3. The molecule has 0 spiro atoms. The number of halogens is 1. The van der Waals surface area contributed by atoms with Gasteiger partial charge < -0.3 is 14.2 Å². The quantitative estimate of drug-likeness (QED) is 0.129. The highest BCUT2D eigenvalue weighted by atomic mass is 79.9. The molecular formula is C69H75BrN2O. The Balaban J connectivity index is 1.11. The molecule has 7 aromatic carbocycles. The van der Waals surface area contributed by atoms with Crippen LogP contribution in [0.15, 0.2) is 167 Å². The van der Waals surface area contributed by atoms with Crippen LogP contribution in [0.1, 0.15) is 177 Å². The molecule has 4 heteroatoms. The fourth-order valence-corrected chi connectivity index (χ4v) is 12.9. The number of benzene rings is 7. The van der Waals surface area contributed by atoms with Gasteiger partial charge in [0.25, 0.3) is 0 Å². The van der Waals surface area contributed by atoms with Gasteiger partial charge in [-0.05, 0) is 194 Å². The van der Waals surface area contributed by atoms with Crippen molar-refractivity contribution in [3.05, 3.63) is 190 Å². The van der Waals surface area contributed by atoms with Gasteiger partial charge in [0.05, 0.1) is 17.1 Å². The molecule has 1 heterocycles. The summed E-state index contributed by atoms with van der Waals surface area (Å²) < 4.78 is 7.59. The van der Waals surface area contributed by atoms with Crippen molar-refractivity contribution in [3.8, 4) is 22.3 Å². The van der Waals surface area contributed by atoms with Crippen LogP contribution in [0.5, 0.6) is 0 Å². The highest BCUT2D eigenvalue weighted by Gasteiger charge is 2.29. The molecule has 0 aliphatic heterocycles. The Hall–Kier alpha value is -5.84. The number of hydrogen-bond acceptors (Lipinski definition) is 3. The number of hydrogen-bond donors (Lipinski definition) is 0. The molecule has 3 aliphatic carbocycles. The van der Waals surface area contributed by atoms with E-state index in [1.807, 2.05) is 6.26 Å². The number of anilines is 6. The number of fused-ring (bicyclic) bond motifs is 1. The molecule has 11 rings (SSSR count). The lowest BCUT2D eigenvalue weighted by Gasteiger charge is -2.33. The predicted molar refractivity (Wildman–Crippen MR) is 314 cm³/mol. The van der Waals surface area contributed by atoms with Crippen LogP contribution in [0.25, 0.3) is 33.2 Å². The summed E-state index contributed by atoms with van der Waals surface area (Å²) in [5.41, 5.74) is 19.3. The van der Waals surface area contributed by atoms with Gasteiger partial charge in [-0.15, -0.1) is 0 Å². The van der Waals surface area contributed by atoms with E-state index in [2.05, 4.69) is 219 Å². The van der Waals surface area contributed by atoms with E-state index in [4.69, 9.17) is 4.42 Å². The Bertz CT molecular complexity index is 3170. The molecule has 0 saturated heterocycles. The van der Waals surface area contributed by atoms with Crippen molar-refractivity contribution in [2.75, 3.05) is 9.80 Å². The standard InChI is InChI=1S/C69H75BrN2O/c1-68(2,3)56-35-29-53(30-36-56)62-41-54(48-21-13-14-22-48)34-40-64(62)72(66-46-73-67-24-16-15-23-61(66)67)60-44-57(69(4,5)6)43-59(45-60)71(65-42-55(33-39-63(65)70)49-19-11-8-12-20-49)58-37-31-52(32-38-58)51-27-25-50(26-28-51)47-17-9-7-10-18-47/h15-16,23-49H,7-14,17-22H2,1-6H3. The summed E-state index contributed by atoms with van der Waals surface area (Å²) in [6, 6.07) is 58.6. The van der Waals surface area contributed by atoms with Gasteiger partial charge in [0.2, 0.25) is 0 Å². The molecule has 374 valence electrons. The SMILES string of the molecule is CC(C)(C)c1ccc(-c2cc(C3CCCC3)ccc2N(c2cc(N(c3ccc(-c4ccc(C5CCCCC5)cc4)cc3)c3cc(C4CCCCC4)ccc3Br)cc(C(C)(C)C)c2)c2coc3ccccc23)cc1. The largest absolute Gasteiger partial charge is 0.462 e. The van der Waals surface area contributed by atoms with Crippen LogP contribution in [0, 0.1) is 0 Å². The van der Waals surface area contributed by atoms with Gasteiger partial charge in [-0.25, -0.2) is 0 Å². The fraction of sp³-hybridized carbons (Fsp3) is 0.362. The van der Waals surface area contributed by atoms with Crippen molar-refractivity contribution in [2.45, 2.75) is 160 Å². The predicted octanol–water partition coefficient (Wildman–Crippen LogP) is 21.8. The smallest absolute Gasteiger partial charge is 0.136 e. The molecule has 73 heavy (non-hydrogen) atoms. The summed E-state index contributed by atoms with van der Waals surface area (Å²) >= 11 is 4.16. The van der Waals surface area contributed by atoms with Crippen molar-refractivity contribution >= 4 is 61.0 Å². The van der Waals surface area contributed by atoms with Gasteiger partial charge in [0.1, 0.15) is 11.8 Å². The van der Waals surface area contributed by atoms with E-state index in [9.17, 15) is 0 Å². The van der Waals surface area contributed by atoms with E-state index in [0.29, 0.717) is 17.8 Å². The Morgan fingerprint density at radius 1 is 0.411 bits per heavy atom. The third-order valence-corrected chi connectivity index (χ3v) is 17.5. The Labute approximate surface area is 445 Å². The molecule has 3 nitrogen and oxygen atoms in total. The van der Waals surface area contributed by atoms with Gasteiger partial charge in [-0.1, -0.05) is 178 Å².